The molecule has 6 heteroatoms. The van der Waals surface area contributed by atoms with Crippen molar-refractivity contribution in [1.29, 1.82) is 0 Å². The molecule has 0 radical (unpaired) electrons. The van der Waals surface area contributed by atoms with Crippen molar-refractivity contribution in [3.63, 3.8) is 0 Å². The second-order valence-electron chi connectivity index (χ2n) is 7.77. The van der Waals surface area contributed by atoms with Gasteiger partial charge in [-0.25, -0.2) is 9.67 Å². The van der Waals surface area contributed by atoms with E-state index in [2.05, 4.69) is 58.4 Å². The fourth-order valence-corrected chi connectivity index (χ4v) is 3.84. The zero-order valence-electron chi connectivity index (χ0n) is 16.8. The van der Waals surface area contributed by atoms with Crippen molar-refractivity contribution >= 4 is 16.9 Å². The lowest BCUT2D eigenvalue weighted by molar-refractivity contribution is 0.0946. The van der Waals surface area contributed by atoms with Gasteiger partial charge in [0.15, 0.2) is 5.65 Å². The Balaban J connectivity index is 1.38. The lowest BCUT2D eigenvalue weighted by Gasteiger charge is -2.28. The van der Waals surface area contributed by atoms with E-state index in [9.17, 15) is 4.79 Å². The highest BCUT2D eigenvalue weighted by molar-refractivity contribution is 5.98. The van der Waals surface area contributed by atoms with Crippen LogP contribution < -0.4 is 5.32 Å². The third kappa shape index (κ3) is 3.64. The van der Waals surface area contributed by atoms with E-state index >= 15 is 0 Å². The first-order chi connectivity index (χ1) is 13.5. The van der Waals surface area contributed by atoms with Crippen LogP contribution in [0.15, 0.2) is 36.5 Å². The number of benzene rings is 1. The normalized spacial score (nSPS) is 14.4. The molecule has 6 nitrogen and oxygen atoms in total. The van der Waals surface area contributed by atoms with E-state index in [0.29, 0.717) is 12.1 Å². The lowest BCUT2D eigenvalue weighted by atomic mass is 10.00. The van der Waals surface area contributed by atoms with Gasteiger partial charge in [-0.3, -0.25) is 9.69 Å². The number of carbonyl (C=O) groups excluding carboxylic acids is 1. The van der Waals surface area contributed by atoms with E-state index in [4.69, 9.17) is 0 Å². The van der Waals surface area contributed by atoms with Gasteiger partial charge in [-0.2, -0.15) is 5.10 Å². The summed E-state index contributed by atoms with van der Waals surface area (Å²) in [7, 11) is 0. The summed E-state index contributed by atoms with van der Waals surface area (Å²) in [6.07, 6.45) is 2.85. The fourth-order valence-electron chi connectivity index (χ4n) is 3.84. The molecule has 4 rings (SSSR count). The van der Waals surface area contributed by atoms with Gasteiger partial charge in [0.1, 0.15) is 0 Å². The SMILES string of the molecule is Cc1nc2c(cnn2C(C)C)cc1C(=O)NCCN1CCc2ccccc2C1. The fraction of sp³-hybridized carbons (Fsp3) is 0.409. The molecule has 146 valence electrons. The van der Waals surface area contributed by atoms with Gasteiger partial charge in [0.05, 0.1) is 17.5 Å². The largest absolute Gasteiger partial charge is 0.351 e. The van der Waals surface area contributed by atoms with Crippen LogP contribution in [0.1, 0.15) is 47.1 Å². The van der Waals surface area contributed by atoms with Gasteiger partial charge in [0.2, 0.25) is 0 Å². The molecule has 0 spiro atoms. The van der Waals surface area contributed by atoms with E-state index in [1.165, 1.54) is 11.1 Å². The smallest absolute Gasteiger partial charge is 0.253 e. The molecule has 1 N–H and O–H groups in total. The molecule has 1 aromatic carbocycles. The van der Waals surface area contributed by atoms with Crippen molar-refractivity contribution in [2.45, 2.75) is 39.8 Å². The van der Waals surface area contributed by atoms with Crippen molar-refractivity contribution < 1.29 is 4.79 Å². The van der Waals surface area contributed by atoms with E-state index in [0.717, 1.165) is 42.8 Å². The summed E-state index contributed by atoms with van der Waals surface area (Å²) in [6, 6.07) is 10.7. The van der Waals surface area contributed by atoms with Crippen LogP contribution in [0, 0.1) is 6.92 Å². The third-order valence-corrected chi connectivity index (χ3v) is 5.42. The quantitative estimate of drug-likeness (QED) is 0.742. The van der Waals surface area contributed by atoms with E-state index < -0.39 is 0 Å². The Bertz CT molecular complexity index is 1010. The lowest BCUT2D eigenvalue weighted by Crippen LogP contribution is -2.38. The van der Waals surface area contributed by atoms with E-state index in [1.807, 2.05) is 17.7 Å². The number of aromatic nitrogens is 3. The molecule has 0 atom stereocenters. The maximum Gasteiger partial charge on any atom is 0.253 e. The summed E-state index contributed by atoms with van der Waals surface area (Å²) in [4.78, 5) is 19.7. The molecular formula is C22H27N5O. The summed E-state index contributed by atoms with van der Waals surface area (Å²) in [6.45, 7) is 9.49. The van der Waals surface area contributed by atoms with Gasteiger partial charge in [-0.15, -0.1) is 0 Å². The van der Waals surface area contributed by atoms with Crippen LogP contribution in [-0.2, 0) is 13.0 Å². The van der Waals surface area contributed by atoms with Crippen molar-refractivity contribution in [3.05, 3.63) is 58.9 Å². The number of carbonyl (C=O) groups is 1. The average molecular weight is 377 g/mol. The summed E-state index contributed by atoms with van der Waals surface area (Å²) < 4.78 is 1.89. The van der Waals surface area contributed by atoms with Gasteiger partial charge < -0.3 is 5.32 Å². The Morgan fingerprint density at radius 1 is 1.25 bits per heavy atom. The number of fused-ring (bicyclic) bond motifs is 2. The van der Waals surface area contributed by atoms with Crippen molar-refractivity contribution in [2.24, 2.45) is 0 Å². The topological polar surface area (TPSA) is 63.1 Å². The first-order valence-electron chi connectivity index (χ1n) is 9.95. The summed E-state index contributed by atoms with van der Waals surface area (Å²) in [5, 5.41) is 8.35. The maximum absolute atomic E-state index is 12.7. The minimum Gasteiger partial charge on any atom is -0.351 e. The predicted octanol–water partition coefficient (Wildman–Crippen LogP) is 3.11. The van der Waals surface area contributed by atoms with Crippen LogP contribution in [0.25, 0.3) is 11.0 Å². The molecule has 0 saturated carbocycles. The van der Waals surface area contributed by atoms with Crippen LogP contribution >= 0.6 is 0 Å². The standard InChI is InChI=1S/C22H27N5O/c1-15(2)27-21-19(13-24-27)12-20(16(3)25-21)22(28)23-9-11-26-10-8-17-6-4-5-7-18(17)14-26/h4-7,12-13,15H,8-11,14H2,1-3H3,(H,23,28). The van der Waals surface area contributed by atoms with Crippen molar-refractivity contribution in [2.75, 3.05) is 19.6 Å². The van der Waals surface area contributed by atoms with Gasteiger partial charge >= 0.3 is 0 Å². The van der Waals surface area contributed by atoms with E-state index in [1.54, 1.807) is 6.20 Å². The Morgan fingerprint density at radius 2 is 2.04 bits per heavy atom. The molecular weight excluding hydrogens is 350 g/mol. The van der Waals surface area contributed by atoms with Crippen molar-refractivity contribution in [1.82, 2.24) is 25.0 Å². The highest BCUT2D eigenvalue weighted by atomic mass is 16.1. The number of aryl methyl sites for hydroxylation is 1. The first-order valence-corrected chi connectivity index (χ1v) is 9.95. The summed E-state index contributed by atoms with van der Waals surface area (Å²) in [5.74, 6) is -0.0680. The second-order valence-corrected chi connectivity index (χ2v) is 7.77. The Morgan fingerprint density at radius 3 is 2.82 bits per heavy atom. The highest BCUT2D eigenvalue weighted by Crippen LogP contribution is 2.20. The average Bonchev–Trinajstić information content (AvgIpc) is 3.10. The first kappa shape index (κ1) is 18.6. The molecule has 0 aliphatic carbocycles. The van der Waals surface area contributed by atoms with Gasteiger partial charge in [0, 0.05) is 37.6 Å². The minimum absolute atomic E-state index is 0.0680. The number of hydrogen-bond acceptors (Lipinski definition) is 4. The molecule has 3 heterocycles. The Labute approximate surface area is 165 Å². The van der Waals surface area contributed by atoms with Crippen LogP contribution in [-0.4, -0.2) is 45.2 Å². The molecule has 3 aromatic rings. The van der Waals surface area contributed by atoms with Crippen LogP contribution in [0.4, 0.5) is 0 Å². The molecule has 2 aromatic heterocycles. The number of nitrogens with one attached hydrogen (secondary N) is 1. The van der Waals surface area contributed by atoms with Gasteiger partial charge in [-0.1, -0.05) is 24.3 Å². The van der Waals surface area contributed by atoms with Crippen LogP contribution in [0.5, 0.6) is 0 Å². The molecule has 0 saturated heterocycles. The molecule has 1 aliphatic heterocycles. The number of nitrogens with zero attached hydrogens (tertiary/aromatic N) is 4. The number of pyridine rings is 1. The Hall–Kier alpha value is -2.73. The van der Waals surface area contributed by atoms with Crippen LogP contribution in [0.3, 0.4) is 0 Å². The van der Waals surface area contributed by atoms with Gasteiger partial charge in [0.25, 0.3) is 5.91 Å². The van der Waals surface area contributed by atoms with Gasteiger partial charge in [-0.05, 0) is 44.4 Å². The predicted molar refractivity (Wildman–Crippen MR) is 110 cm³/mol. The molecule has 28 heavy (non-hydrogen) atoms. The zero-order chi connectivity index (χ0) is 19.7. The molecule has 0 unspecified atom stereocenters. The molecule has 1 amide bonds. The summed E-state index contributed by atoms with van der Waals surface area (Å²) in [5.41, 5.74) is 5.03. The zero-order valence-corrected chi connectivity index (χ0v) is 16.8. The second kappa shape index (κ2) is 7.72. The Kier molecular flexibility index (Phi) is 5.13. The number of rotatable bonds is 5. The molecule has 0 bridgehead atoms. The number of amides is 1. The third-order valence-electron chi connectivity index (χ3n) is 5.42. The monoisotopic (exact) mass is 377 g/mol. The van der Waals surface area contributed by atoms with E-state index in [-0.39, 0.29) is 11.9 Å². The highest BCUT2D eigenvalue weighted by Gasteiger charge is 2.17. The number of hydrogen-bond donors (Lipinski definition) is 1. The summed E-state index contributed by atoms with van der Waals surface area (Å²) >= 11 is 0. The van der Waals surface area contributed by atoms with Crippen molar-refractivity contribution in [3.8, 4) is 0 Å². The molecule has 0 fully saturated rings. The molecule has 1 aliphatic rings. The minimum atomic E-state index is -0.0680. The van der Waals surface area contributed by atoms with Crippen LogP contribution in [0.2, 0.25) is 0 Å². The maximum atomic E-state index is 12.7.